The van der Waals surface area contributed by atoms with Gasteiger partial charge in [-0.25, -0.2) is 19.1 Å². The zero-order valence-electron chi connectivity index (χ0n) is 20.1. The number of aromatic nitrogens is 5. The molecule has 0 fully saturated rings. The van der Waals surface area contributed by atoms with E-state index in [1.165, 1.54) is 25.3 Å². The number of hydrogen-bond acceptors (Lipinski definition) is 9. The predicted molar refractivity (Wildman–Crippen MR) is 143 cm³/mol. The van der Waals surface area contributed by atoms with Gasteiger partial charge in [-0.15, -0.1) is 0 Å². The number of carbonyl (C=O) groups excluding carboxylic acids is 2. The Bertz CT molecular complexity index is 1530. The van der Waals surface area contributed by atoms with E-state index in [9.17, 15) is 22.8 Å². The number of Topliss-reactive ketones (excluding diaryl/α,β-unsaturated/α-hetero) is 1. The number of ketones is 1. The molecule has 4 aromatic rings. The van der Waals surface area contributed by atoms with E-state index in [2.05, 4.69) is 53.9 Å². The highest BCUT2D eigenvalue weighted by Gasteiger charge is 2.33. The number of aryl methyl sites for hydroxylation is 1. The summed E-state index contributed by atoms with van der Waals surface area (Å²) in [5, 5.41) is 14.4. The van der Waals surface area contributed by atoms with Gasteiger partial charge in [0.2, 0.25) is 5.95 Å². The van der Waals surface area contributed by atoms with Crippen LogP contribution in [0.4, 0.5) is 52.7 Å². The summed E-state index contributed by atoms with van der Waals surface area (Å²) < 4.78 is 40.1. The van der Waals surface area contributed by atoms with Gasteiger partial charge < -0.3 is 16.0 Å². The Labute approximate surface area is 229 Å². The zero-order valence-corrected chi connectivity index (χ0v) is 21.8. The quantitative estimate of drug-likeness (QED) is 0.130. The van der Waals surface area contributed by atoms with E-state index >= 15 is 0 Å². The molecule has 11 nitrogen and oxygen atoms in total. The summed E-state index contributed by atoms with van der Waals surface area (Å²) in [5.41, 5.74) is 0.190. The van der Waals surface area contributed by atoms with Crippen molar-refractivity contribution in [1.29, 1.82) is 0 Å². The van der Waals surface area contributed by atoms with E-state index in [0.717, 1.165) is 16.4 Å². The van der Waals surface area contributed by atoms with Crippen molar-refractivity contribution in [2.45, 2.75) is 20.0 Å². The number of benzene rings is 1. The van der Waals surface area contributed by atoms with Crippen LogP contribution in [-0.2, 0) is 6.18 Å². The number of H-pyrrole nitrogens is 1. The Kier molecular flexibility index (Phi) is 7.92. The normalized spacial score (nSPS) is 11.2. The van der Waals surface area contributed by atoms with Gasteiger partial charge in [0.25, 0.3) is 0 Å². The number of thiol groups is 1. The summed E-state index contributed by atoms with van der Waals surface area (Å²) in [6.07, 6.45) is -3.29. The van der Waals surface area contributed by atoms with Crippen molar-refractivity contribution in [2.24, 2.45) is 0 Å². The highest BCUT2D eigenvalue weighted by atomic mass is 35.5. The van der Waals surface area contributed by atoms with Gasteiger partial charge in [-0.05, 0) is 37.3 Å². The van der Waals surface area contributed by atoms with E-state index in [1.807, 2.05) is 0 Å². The SMILES string of the molecule is CC(=O)c1cc(Nc2cc(C)nc(Nc3ccc(N(S)C(=O)Nc4ccc(Cl)c(C(F)(F)F)c4)nc3)n2)[nH]n1. The third kappa shape index (κ3) is 6.94. The van der Waals surface area contributed by atoms with E-state index in [4.69, 9.17) is 11.6 Å². The number of rotatable bonds is 7. The van der Waals surface area contributed by atoms with Crippen LogP contribution in [0.25, 0.3) is 0 Å². The molecular formula is C23H19ClF3N9O2S. The molecule has 16 heteroatoms. The molecule has 0 atom stereocenters. The number of halogens is 4. The molecule has 202 valence electrons. The number of nitrogens with one attached hydrogen (secondary N) is 4. The van der Waals surface area contributed by atoms with Crippen LogP contribution < -0.4 is 20.3 Å². The molecule has 0 aliphatic carbocycles. The third-order valence-electron chi connectivity index (χ3n) is 4.99. The maximum absolute atomic E-state index is 13.1. The molecule has 0 spiro atoms. The van der Waals surface area contributed by atoms with Crippen LogP contribution in [0.1, 0.15) is 28.7 Å². The van der Waals surface area contributed by atoms with Crippen molar-refractivity contribution >= 4 is 71.0 Å². The molecule has 0 aliphatic rings. The minimum absolute atomic E-state index is 0.0967. The second kappa shape index (κ2) is 11.2. The van der Waals surface area contributed by atoms with Crippen molar-refractivity contribution in [2.75, 3.05) is 20.3 Å². The molecule has 0 aliphatic heterocycles. The summed E-state index contributed by atoms with van der Waals surface area (Å²) >= 11 is 9.71. The van der Waals surface area contributed by atoms with Gasteiger partial charge in [0, 0.05) is 30.4 Å². The van der Waals surface area contributed by atoms with Gasteiger partial charge >= 0.3 is 12.2 Å². The van der Waals surface area contributed by atoms with Gasteiger partial charge in [0.15, 0.2) is 5.78 Å². The lowest BCUT2D eigenvalue weighted by atomic mass is 10.2. The number of hydrogen-bond donors (Lipinski definition) is 5. The molecule has 4 rings (SSSR count). The molecule has 3 aromatic heterocycles. The average molecular weight is 578 g/mol. The van der Waals surface area contributed by atoms with E-state index < -0.39 is 22.8 Å². The molecular weight excluding hydrogens is 559 g/mol. The number of alkyl halides is 3. The van der Waals surface area contributed by atoms with Crippen molar-refractivity contribution in [3.8, 4) is 0 Å². The number of aromatic amines is 1. The number of carbonyl (C=O) groups is 2. The van der Waals surface area contributed by atoms with E-state index in [0.29, 0.717) is 23.0 Å². The lowest BCUT2D eigenvalue weighted by Gasteiger charge is -2.17. The summed E-state index contributed by atoms with van der Waals surface area (Å²) in [6.45, 7) is 3.17. The van der Waals surface area contributed by atoms with Crippen LogP contribution in [0.2, 0.25) is 5.02 Å². The lowest BCUT2D eigenvalue weighted by Crippen LogP contribution is -2.27. The van der Waals surface area contributed by atoms with Crippen LogP contribution in [-0.4, -0.2) is 37.0 Å². The van der Waals surface area contributed by atoms with Gasteiger partial charge in [-0.1, -0.05) is 24.4 Å². The molecule has 4 N–H and O–H groups in total. The number of amides is 2. The third-order valence-corrected chi connectivity index (χ3v) is 5.71. The summed E-state index contributed by atoms with van der Waals surface area (Å²) in [7, 11) is 0. The van der Waals surface area contributed by atoms with Crippen LogP contribution >= 0.6 is 24.4 Å². The minimum atomic E-state index is -4.68. The molecule has 0 saturated heterocycles. The first-order valence-electron chi connectivity index (χ1n) is 11.0. The first-order valence-corrected chi connectivity index (χ1v) is 11.8. The number of anilines is 6. The number of urea groups is 1. The lowest BCUT2D eigenvalue weighted by molar-refractivity contribution is -0.137. The second-order valence-electron chi connectivity index (χ2n) is 8.03. The Hall–Kier alpha value is -4.37. The Morgan fingerprint density at radius 1 is 1.05 bits per heavy atom. The monoisotopic (exact) mass is 577 g/mol. The number of nitrogens with zero attached hydrogens (tertiary/aromatic N) is 5. The Balaban J connectivity index is 1.42. The van der Waals surface area contributed by atoms with Gasteiger partial charge in [0.05, 0.1) is 22.5 Å². The van der Waals surface area contributed by atoms with E-state index in [-0.39, 0.29) is 28.9 Å². The summed E-state index contributed by atoms with van der Waals surface area (Å²) in [6, 6.07) is 8.43. The molecule has 0 unspecified atom stereocenters. The van der Waals surface area contributed by atoms with Crippen molar-refractivity contribution in [1.82, 2.24) is 25.1 Å². The Morgan fingerprint density at radius 2 is 1.79 bits per heavy atom. The average Bonchev–Trinajstić information content (AvgIpc) is 3.33. The van der Waals surface area contributed by atoms with Crippen LogP contribution in [0.3, 0.4) is 0 Å². The Morgan fingerprint density at radius 3 is 2.44 bits per heavy atom. The summed E-state index contributed by atoms with van der Waals surface area (Å²) in [4.78, 5) is 36.8. The van der Waals surface area contributed by atoms with E-state index in [1.54, 1.807) is 25.1 Å². The second-order valence-corrected chi connectivity index (χ2v) is 8.84. The molecule has 0 saturated carbocycles. The van der Waals surface area contributed by atoms with Crippen molar-refractivity contribution in [3.63, 3.8) is 0 Å². The van der Waals surface area contributed by atoms with Gasteiger partial charge in [0.1, 0.15) is 23.1 Å². The van der Waals surface area contributed by atoms with Crippen molar-refractivity contribution < 1.29 is 22.8 Å². The molecule has 1 aromatic carbocycles. The smallest absolute Gasteiger partial charge is 0.325 e. The standard InChI is InChI=1S/C23H19ClF3N9O2S/c1-11-7-18(32-19-9-17(12(2)37)34-35-19)33-21(29-11)30-14-4-6-20(28-10-14)36(39)22(38)31-13-3-5-16(24)15(8-13)23(25,26)27/h3-10,39H,1-2H3,(H,31,38)(H3,29,30,32,33,34,35). The van der Waals surface area contributed by atoms with Crippen LogP contribution in [0.15, 0.2) is 48.7 Å². The molecule has 0 radical (unpaired) electrons. The highest BCUT2D eigenvalue weighted by Crippen LogP contribution is 2.36. The molecule has 39 heavy (non-hydrogen) atoms. The van der Waals surface area contributed by atoms with Crippen LogP contribution in [0.5, 0.6) is 0 Å². The van der Waals surface area contributed by atoms with Gasteiger partial charge in [-0.3, -0.25) is 9.89 Å². The fourth-order valence-electron chi connectivity index (χ4n) is 3.21. The predicted octanol–water partition coefficient (Wildman–Crippen LogP) is 6.15. The van der Waals surface area contributed by atoms with Gasteiger partial charge in [-0.2, -0.15) is 23.3 Å². The maximum Gasteiger partial charge on any atom is 0.417 e. The fourth-order valence-corrected chi connectivity index (χ4v) is 3.60. The highest BCUT2D eigenvalue weighted by molar-refractivity contribution is 7.82. The molecule has 0 bridgehead atoms. The first-order chi connectivity index (χ1) is 18.4. The number of pyridine rings is 1. The first kappa shape index (κ1) is 27.7. The van der Waals surface area contributed by atoms with Crippen molar-refractivity contribution in [3.05, 3.63) is 70.6 Å². The minimum Gasteiger partial charge on any atom is -0.325 e. The maximum atomic E-state index is 13.1. The largest absolute Gasteiger partial charge is 0.417 e. The molecule has 2 amide bonds. The summed E-state index contributed by atoms with van der Waals surface area (Å²) in [5.74, 6) is 1.05. The topological polar surface area (TPSA) is 141 Å². The zero-order chi connectivity index (χ0) is 28.3. The van der Waals surface area contributed by atoms with Crippen LogP contribution in [0, 0.1) is 6.92 Å². The fraction of sp³-hybridized carbons (Fsp3) is 0.130. The molecule has 3 heterocycles.